The normalized spacial score (nSPS) is 10.6. The summed E-state index contributed by atoms with van der Waals surface area (Å²) in [6, 6.07) is 9.42. The Morgan fingerprint density at radius 3 is 2.50 bits per heavy atom. The van der Waals surface area contributed by atoms with Crippen molar-refractivity contribution in [3.8, 4) is 0 Å². The first-order valence-corrected chi connectivity index (χ1v) is 5.35. The predicted octanol–water partition coefficient (Wildman–Crippen LogP) is 3.02. The molecule has 1 rings (SSSR count). The second-order valence-electron chi connectivity index (χ2n) is 2.04. The predicted molar refractivity (Wildman–Crippen MR) is 51.1 cm³/mol. The molecule has 0 aliphatic rings. The maximum Gasteiger partial charge on any atom is 0.262 e. The van der Waals surface area contributed by atoms with E-state index in [9.17, 15) is 8.78 Å². The maximum atomic E-state index is 11.6. The highest BCUT2D eigenvalue weighted by molar-refractivity contribution is 14.2. The molecule has 4 heteroatoms. The average Bonchev–Trinajstić information content (AvgIpc) is 2.05. The maximum absolute atomic E-state index is 11.6. The summed E-state index contributed by atoms with van der Waals surface area (Å²) in [6.45, 7) is -0.442. The Kier molecular flexibility index (Phi) is 4.45. The lowest BCUT2D eigenvalue weighted by Gasteiger charge is -2.00. The highest BCUT2D eigenvalue weighted by Crippen LogP contribution is 2.22. The van der Waals surface area contributed by atoms with Gasteiger partial charge < -0.3 is 3.07 Å². The summed E-state index contributed by atoms with van der Waals surface area (Å²) in [5.41, 5.74) is 0. The van der Waals surface area contributed by atoms with Gasteiger partial charge in [0.25, 0.3) is 6.43 Å². The van der Waals surface area contributed by atoms with Crippen molar-refractivity contribution in [2.75, 3.05) is 6.61 Å². The standard InChI is InChI=1S/C8H8F2IO/c9-8(10)6-12-11-7-4-2-1-3-5-7/h1-5,8H,6H2. The summed E-state index contributed by atoms with van der Waals surface area (Å²) < 4.78 is 29.1. The third-order valence-electron chi connectivity index (χ3n) is 1.07. The number of alkyl halides is 2. The topological polar surface area (TPSA) is 9.23 Å². The Morgan fingerprint density at radius 1 is 1.25 bits per heavy atom. The van der Waals surface area contributed by atoms with E-state index < -0.39 is 34.7 Å². The lowest BCUT2D eigenvalue weighted by atomic mass is 10.4. The highest BCUT2D eigenvalue weighted by Gasteiger charge is 2.02. The zero-order valence-electron chi connectivity index (χ0n) is 6.21. The molecule has 1 aromatic carbocycles. The van der Waals surface area contributed by atoms with Gasteiger partial charge in [0.1, 0.15) is 6.61 Å². The minimum Gasteiger partial charge on any atom is -0.315 e. The summed E-state index contributed by atoms with van der Waals surface area (Å²) in [6.07, 6.45) is -2.35. The smallest absolute Gasteiger partial charge is 0.262 e. The highest BCUT2D eigenvalue weighted by atomic mass is 127. The molecule has 0 saturated heterocycles. The van der Waals surface area contributed by atoms with Crippen molar-refractivity contribution >= 4 is 21.6 Å². The van der Waals surface area contributed by atoms with Crippen LogP contribution in [0.4, 0.5) is 8.78 Å². The molecule has 0 fully saturated rings. The number of benzene rings is 1. The van der Waals surface area contributed by atoms with Crippen LogP contribution in [0, 0.1) is 3.57 Å². The molecule has 1 nitrogen and oxygen atoms in total. The largest absolute Gasteiger partial charge is 0.315 e. The molecule has 0 aliphatic heterocycles. The van der Waals surface area contributed by atoms with Gasteiger partial charge in [-0.1, -0.05) is 18.2 Å². The molecule has 0 aromatic heterocycles. The minimum atomic E-state index is -2.35. The van der Waals surface area contributed by atoms with Gasteiger partial charge >= 0.3 is 0 Å². The Labute approximate surface area is 80.5 Å². The van der Waals surface area contributed by atoms with Crippen LogP contribution in [-0.2, 0) is 3.07 Å². The van der Waals surface area contributed by atoms with Crippen molar-refractivity contribution < 1.29 is 11.8 Å². The first kappa shape index (κ1) is 9.85. The van der Waals surface area contributed by atoms with Crippen molar-refractivity contribution in [3.05, 3.63) is 33.9 Å². The van der Waals surface area contributed by atoms with Gasteiger partial charge in [0, 0.05) is 3.57 Å². The molecule has 0 atom stereocenters. The molecule has 0 amide bonds. The van der Waals surface area contributed by atoms with E-state index in [2.05, 4.69) is 0 Å². The lowest BCUT2D eigenvalue weighted by Crippen LogP contribution is -1.98. The van der Waals surface area contributed by atoms with Crippen molar-refractivity contribution in [3.63, 3.8) is 0 Å². The van der Waals surface area contributed by atoms with Crippen LogP contribution in [0.2, 0.25) is 0 Å². The third kappa shape index (κ3) is 3.96. The fourth-order valence-corrected chi connectivity index (χ4v) is 2.13. The number of hydrogen-bond acceptors (Lipinski definition) is 1. The van der Waals surface area contributed by atoms with Gasteiger partial charge in [0.15, 0.2) is 0 Å². The first-order valence-electron chi connectivity index (χ1n) is 3.39. The van der Waals surface area contributed by atoms with Gasteiger partial charge in [-0.25, -0.2) is 8.78 Å². The molecule has 0 unspecified atom stereocenters. The molecule has 0 aliphatic carbocycles. The van der Waals surface area contributed by atoms with E-state index in [0.29, 0.717) is 0 Å². The van der Waals surface area contributed by atoms with Gasteiger partial charge in [-0.05, 0) is 12.1 Å². The zero-order chi connectivity index (χ0) is 8.81. The van der Waals surface area contributed by atoms with E-state index >= 15 is 0 Å². The van der Waals surface area contributed by atoms with Crippen LogP contribution in [0.5, 0.6) is 0 Å². The van der Waals surface area contributed by atoms with E-state index in [1.807, 2.05) is 30.3 Å². The minimum absolute atomic E-state index is 0.442. The van der Waals surface area contributed by atoms with Crippen LogP contribution >= 0.6 is 21.6 Å². The van der Waals surface area contributed by atoms with Crippen molar-refractivity contribution in [1.82, 2.24) is 0 Å². The van der Waals surface area contributed by atoms with E-state index in [4.69, 9.17) is 3.07 Å². The van der Waals surface area contributed by atoms with E-state index in [1.165, 1.54) is 0 Å². The lowest BCUT2D eigenvalue weighted by molar-refractivity contribution is 0.102. The van der Waals surface area contributed by atoms with Gasteiger partial charge in [0.2, 0.25) is 0 Å². The summed E-state index contributed by atoms with van der Waals surface area (Å²) in [5.74, 6) is 0. The molecular weight excluding hydrogens is 277 g/mol. The molecule has 12 heavy (non-hydrogen) atoms. The Hall–Kier alpha value is -0.230. The number of rotatable bonds is 4. The van der Waals surface area contributed by atoms with Gasteiger partial charge in [0.05, 0.1) is 21.6 Å². The number of hydrogen-bond donors (Lipinski definition) is 0. The van der Waals surface area contributed by atoms with Crippen LogP contribution in [0.15, 0.2) is 30.3 Å². The zero-order valence-corrected chi connectivity index (χ0v) is 8.37. The molecule has 67 valence electrons. The Balaban J connectivity index is 2.25. The van der Waals surface area contributed by atoms with Crippen molar-refractivity contribution in [2.24, 2.45) is 0 Å². The molecule has 0 N–H and O–H groups in total. The van der Waals surface area contributed by atoms with Crippen LogP contribution < -0.4 is 0 Å². The molecule has 1 radical (unpaired) electrons. The monoisotopic (exact) mass is 285 g/mol. The van der Waals surface area contributed by atoms with Gasteiger partial charge in [-0.3, -0.25) is 0 Å². The van der Waals surface area contributed by atoms with Crippen LogP contribution in [0.25, 0.3) is 0 Å². The SMILES string of the molecule is FC(F)CO[I]c1ccccc1. The van der Waals surface area contributed by atoms with Crippen molar-refractivity contribution in [2.45, 2.75) is 6.43 Å². The molecule has 0 heterocycles. The quantitative estimate of drug-likeness (QED) is 0.773. The molecule has 0 saturated carbocycles. The molecular formula is C8H8F2IO. The van der Waals surface area contributed by atoms with Crippen molar-refractivity contribution in [1.29, 1.82) is 0 Å². The summed E-state index contributed by atoms with van der Waals surface area (Å²) >= 11 is -0.687. The summed E-state index contributed by atoms with van der Waals surface area (Å²) in [4.78, 5) is 0. The molecule has 0 bridgehead atoms. The average molecular weight is 285 g/mol. The third-order valence-corrected chi connectivity index (χ3v) is 2.96. The molecule has 0 spiro atoms. The summed E-state index contributed by atoms with van der Waals surface area (Å²) in [7, 11) is 0. The van der Waals surface area contributed by atoms with Gasteiger partial charge in [-0.15, -0.1) is 0 Å². The fraction of sp³-hybridized carbons (Fsp3) is 0.250. The Bertz CT molecular complexity index is 216. The van der Waals surface area contributed by atoms with E-state index in [-0.39, 0.29) is 0 Å². The fourth-order valence-electron chi connectivity index (χ4n) is 0.608. The Morgan fingerprint density at radius 2 is 1.92 bits per heavy atom. The van der Waals surface area contributed by atoms with Crippen LogP contribution in [0.3, 0.4) is 0 Å². The first-order chi connectivity index (χ1) is 5.79. The van der Waals surface area contributed by atoms with E-state index in [0.717, 1.165) is 3.57 Å². The van der Waals surface area contributed by atoms with Crippen LogP contribution in [-0.4, -0.2) is 13.0 Å². The van der Waals surface area contributed by atoms with E-state index in [1.54, 1.807) is 0 Å². The number of halogens is 3. The summed E-state index contributed by atoms with van der Waals surface area (Å²) in [5, 5.41) is 0. The second-order valence-corrected chi connectivity index (χ2v) is 4.35. The molecule has 1 aromatic rings. The van der Waals surface area contributed by atoms with Crippen LogP contribution in [0.1, 0.15) is 0 Å². The van der Waals surface area contributed by atoms with Gasteiger partial charge in [-0.2, -0.15) is 0 Å². The second kappa shape index (κ2) is 5.42.